The summed E-state index contributed by atoms with van der Waals surface area (Å²) in [6.45, 7) is 4.28. The lowest BCUT2D eigenvalue weighted by Gasteiger charge is -2.04. The highest BCUT2D eigenvalue weighted by Gasteiger charge is 2.15. The fraction of sp³-hybridized carbons (Fsp3) is 0.250. The molecule has 0 saturated heterocycles. The first-order valence-electron chi connectivity index (χ1n) is 5.30. The molecule has 1 aromatic carbocycles. The summed E-state index contributed by atoms with van der Waals surface area (Å²) in [5.41, 5.74) is 2.92. The highest BCUT2D eigenvalue weighted by atomic mass is 16.6. The van der Waals surface area contributed by atoms with E-state index >= 15 is 0 Å². The smallest absolute Gasteiger partial charge is 0.258 e. The zero-order chi connectivity index (χ0) is 12.4. The number of aromatic nitrogens is 2. The van der Waals surface area contributed by atoms with E-state index in [4.69, 9.17) is 0 Å². The van der Waals surface area contributed by atoms with Gasteiger partial charge in [0.15, 0.2) is 0 Å². The maximum Gasteiger partial charge on any atom is 0.309 e. The highest BCUT2D eigenvalue weighted by molar-refractivity contribution is 5.32. The zero-order valence-electron chi connectivity index (χ0n) is 9.75. The predicted molar refractivity (Wildman–Crippen MR) is 63.9 cm³/mol. The van der Waals surface area contributed by atoms with E-state index in [1.54, 1.807) is 11.6 Å². The molecule has 0 amide bonds. The van der Waals surface area contributed by atoms with Crippen LogP contribution in [0.3, 0.4) is 0 Å². The molecule has 5 nitrogen and oxygen atoms in total. The second kappa shape index (κ2) is 4.37. The molecule has 0 radical (unpaired) electrons. The molecule has 0 aliphatic rings. The lowest BCUT2D eigenvalue weighted by Crippen LogP contribution is -2.04. The van der Waals surface area contributed by atoms with Gasteiger partial charge >= 0.3 is 5.69 Å². The Labute approximate surface area is 98.8 Å². The molecule has 5 heteroatoms. The van der Waals surface area contributed by atoms with Crippen molar-refractivity contribution in [2.75, 3.05) is 0 Å². The molecule has 0 unspecified atom stereocenters. The summed E-state index contributed by atoms with van der Waals surface area (Å²) in [4.78, 5) is 10.3. The third-order valence-corrected chi connectivity index (χ3v) is 2.73. The fourth-order valence-corrected chi connectivity index (χ4v) is 1.64. The quantitative estimate of drug-likeness (QED) is 0.602. The molecule has 0 atom stereocenters. The number of rotatable bonds is 3. The number of hydrogen-bond acceptors (Lipinski definition) is 3. The molecule has 17 heavy (non-hydrogen) atoms. The molecule has 1 aromatic heterocycles. The Morgan fingerprint density at radius 1 is 1.29 bits per heavy atom. The number of aryl methyl sites for hydroxylation is 1. The van der Waals surface area contributed by atoms with Crippen molar-refractivity contribution in [2.45, 2.75) is 20.4 Å². The van der Waals surface area contributed by atoms with Crippen molar-refractivity contribution in [1.29, 1.82) is 0 Å². The summed E-state index contributed by atoms with van der Waals surface area (Å²) in [6, 6.07) is 8.04. The van der Waals surface area contributed by atoms with Crippen LogP contribution in [-0.2, 0) is 6.54 Å². The number of nitrogens with zero attached hydrogens (tertiary/aromatic N) is 3. The minimum absolute atomic E-state index is 0.0668. The average molecular weight is 231 g/mol. The van der Waals surface area contributed by atoms with E-state index in [1.807, 2.05) is 31.2 Å². The SMILES string of the molecule is Cc1ccc(Cn2ncc([N+](=O)[O-])c2C)cc1. The Bertz CT molecular complexity index is 543. The van der Waals surface area contributed by atoms with E-state index in [0.717, 1.165) is 5.56 Å². The van der Waals surface area contributed by atoms with Gasteiger partial charge in [0.1, 0.15) is 11.9 Å². The molecule has 2 rings (SSSR count). The molecule has 0 saturated carbocycles. The Kier molecular flexibility index (Phi) is 2.91. The Morgan fingerprint density at radius 2 is 1.94 bits per heavy atom. The molecular weight excluding hydrogens is 218 g/mol. The van der Waals surface area contributed by atoms with Gasteiger partial charge in [-0.25, -0.2) is 0 Å². The van der Waals surface area contributed by atoms with Gasteiger partial charge < -0.3 is 0 Å². The molecule has 0 fully saturated rings. The van der Waals surface area contributed by atoms with Crippen LogP contribution < -0.4 is 0 Å². The average Bonchev–Trinajstić information content (AvgIpc) is 2.64. The molecule has 0 N–H and O–H groups in total. The number of nitro groups is 1. The van der Waals surface area contributed by atoms with Crippen molar-refractivity contribution in [3.05, 3.63) is 57.4 Å². The van der Waals surface area contributed by atoms with E-state index in [-0.39, 0.29) is 5.69 Å². The standard InChI is InChI=1S/C12H13N3O2/c1-9-3-5-11(6-4-9)8-14-10(2)12(7-13-14)15(16)17/h3-7H,8H2,1-2H3. The molecule has 1 heterocycles. The van der Waals surface area contributed by atoms with E-state index in [2.05, 4.69) is 5.10 Å². The summed E-state index contributed by atoms with van der Waals surface area (Å²) in [6.07, 6.45) is 1.30. The maximum atomic E-state index is 10.7. The topological polar surface area (TPSA) is 61.0 Å². The molecule has 0 aliphatic carbocycles. The number of hydrogen-bond donors (Lipinski definition) is 0. The van der Waals surface area contributed by atoms with Gasteiger partial charge in [-0.1, -0.05) is 29.8 Å². The van der Waals surface area contributed by atoms with Crippen LogP contribution in [0.2, 0.25) is 0 Å². The van der Waals surface area contributed by atoms with E-state index < -0.39 is 4.92 Å². The van der Waals surface area contributed by atoms with Crippen LogP contribution in [0.5, 0.6) is 0 Å². The van der Waals surface area contributed by atoms with Gasteiger partial charge in [-0.05, 0) is 19.4 Å². The molecule has 0 spiro atoms. The summed E-state index contributed by atoms with van der Waals surface area (Å²) >= 11 is 0. The highest BCUT2D eigenvalue weighted by Crippen LogP contribution is 2.17. The summed E-state index contributed by atoms with van der Waals surface area (Å²) in [7, 11) is 0. The summed E-state index contributed by atoms with van der Waals surface area (Å²) in [5, 5.41) is 14.7. The van der Waals surface area contributed by atoms with E-state index in [1.165, 1.54) is 11.8 Å². The first-order chi connectivity index (χ1) is 8.08. The fourth-order valence-electron chi connectivity index (χ4n) is 1.64. The van der Waals surface area contributed by atoms with Gasteiger partial charge in [0, 0.05) is 0 Å². The van der Waals surface area contributed by atoms with Gasteiger partial charge in [-0.3, -0.25) is 14.8 Å². The lowest BCUT2D eigenvalue weighted by atomic mass is 10.1. The van der Waals surface area contributed by atoms with E-state index in [0.29, 0.717) is 12.2 Å². The second-order valence-corrected chi connectivity index (χ2v) is 4.02. The van der Waals surface area contributed by atoms with Crippen LogP contribution in [0.1, 0.15) is 16.8 Å². The van der Waals surface area contributed by atoms with Crippen molar-refractivity contribution in [1.82, 2.24) is 9.78 Å². The molecule has 0 aliphatic heterocycles. The van der Waals surface area contributed by atoms with Gasteiger partial charge in [0.25, 0.3) is 0 Å². The van der Waals surface area contributed by atoms with Crippen molar-refractivity contribution in [3.8, 4) is 0 Å². The van der Waals surface area contributed by atoms with Crippen molar-refractivity contribution in [3.63, 3.8) is 0 Å². The van der Waals surface area contributed by atoms with Crippen molar-refractivity contribution in [2.24, 2.45) is 0 Å². The van der Waals surface area contributed by atoms with Gasteiger partial charge in [0.2, 0.25) is 0 Å². The number of benzene rings is 1. The third-order valence-electron chi connectivity index (χ3n) is 2.73. The van der Waals surface area contributed by atoms with Gasteiger partial charge in [-0.15, -0.1) is 0 Å². The van der Waals surface area contributed by atoms with Crippen LogP contribution in [0, 0.1) is 24.0 Å². The predicted octanol–water partition coefficient (Wildman–Crippen LogP) is 2.46. The molecule has 0 bridgehead atoms. The van der Waals surface area contributed by atoms with E-state index in [9.17, 15) is 10.1 Å². The Hall–Kier alpha value is -2.17. The van der Waals surface area contributed by atoms with Crippen molar-refractivity contribution < 1.29 is 4.92 Å². The normalized spacial score (nSPS) is 10.5. The van der Waals surface area contributed by atoms with Crippen molar-refractivity contribution >= 4 is 5.69 Å². The van der Waals surface area contributed by atoms with Gasteiger partial charge in [-0.2, -0.15) is 5.10 Å². The minimum Gasteiger partial charge on any atom is -0.258 e. The maximum absolute atomic E-state index is 10.7. The van der Waals surface area contributed by atoms with Gasteiger partial charge in [0.05, 0.1) is 11.5 Å². The van der Waals surface area contributed by atoms with Crippen LogP contribution in [0.15, 0.2) is 30.5 Å². The minimum atomic E-state index is -0.409. The summed E-state index contributed by atoms with van der Waals surface area (Å²) in [5.74, 6) is 0. The first-order valence-corrected chi connectivity index (χ1v) is 5.30. The van der Waals surface area contributed by atoms with Crippen LogP contribution in [0.25, 0.3) is 0 Å². The molecular formula is C12H13N3O2. The Morgan fingerprint density at radius 3 is 2.47 bits per heavy atom. The van der Waals surface area contributed by atoms with Crippen LogP contribution in [0.4, 0.5) is 5.69 Å². The third kappa shape index (κ3) is 2.33. The monoisotopic (exact) mass is 231 g/mol. The first kappa shape index (κ1) is 11.3. The second-order valence-electron chi connectivity index (χ2n) is 4.02. The van der Waals surface area contributed by atoms with Crippen LogP contribution in [-0.4, -0.2) is 14.7 Å². The molecule has 88 valence electrons. The lowest BCUT2D eigenvalue weighted by molar-refractivity contribution is -0.385. The van der Waals surface area contributed by atoms with Crippen LogP contribution >= 0.6 is 0 Å². The molecule has 2 aromatic rings. The zero-order valence-corrected chi connectivity index (χ0v) is 9.75. The summed E-state index contributed by atoms with van der Waals surface area (Å²) < 4.78 is 1.64. The largest absolute Gasteiger partial charge is 0.309 e. The Balaban J connectivity index is 2.24.